The first-order chi connectivity index (χ1) is 18.5. The molecule has 38 heavy (non-hydrogen) atoms. The highest BCUT2D eigenvalue weighted by molar-refractivity contribution is 7.19. The number of urea groups is 1. The Morgan fingerprint density at radius 2 is 1.97 bits per heavy atom. The van der Waals surface area contributed by atoms with Crippen molar-refractivity contribution in [3.8, 4) is 27.5 Å². The first-order valence-corrected chi connectivity index (χ1v) is 13.4. The Bertz CT molecular complexity index is 1530. The predicted octanol–water partition coefficient (Wildman–Crippen LogP) is 4.63. The number of hydrogen-bond donors (Lipinski definition) is 2. The number of carbonyl (C=O) groups is 2. The maximum Gasteiger partial charge on any atom is 0.322 e. The molecule has 194 valence electrons. The predicted molar refractivity (Wildman–Crippen MR) is 146 cm³/mol. The van der Waals surface area contributed by atoms with Crippen LogP contribution < -0.4 is 10.6 Å². The van der Waals surface area contributed by atoms with Crippen molar-refractivity contribution in [1.82, 2.24) is 24.6 Å². The lowest BCUT2D eigenvalue weighted by atomic mass is 9.95. The first-order valence-electron chi connectivity index (χ1n) is 12.2. The first kappa shape index (κ1) is 24.5. The number of thiazole rings is 1. The molecule has 0 bridgehead atoms. The van der Waals surface area contributed by atoms with Gasteiger partial charge in [0.05, 0.1) is 45.9 Å². The van der Waals surface area contributed by atoms with E-state index in [0.717, 1.165) is 45.9 Å². The Kier molecular flexibility index (Phi) is 6.56. The van der Waals surface area contributed by atoms with E-state index in [1.165, 1.54) is 18.3 Å². The monoisotopic (exact) mass is 549 g/mol. The summed E-state index contributed by atoms with van der Waals surface area (Å²) in [5.74, 6) is -0.168. The quantitative estimate of drug-likeness (QED) is 0.383. The van der Waals surface area contributed by atoms with E-state index in [1.807, 2.05) is 28.9 Å². The zero-order valence-corrected chi connectivity index (χ0v) is 22.1. The standard InChI is InChI=1S/C26H24ClN7O3S/c1-15(35)29-25-31-20-6-5-18-22(16-3-2-8-28-14-16)32-34(23(18)24(20)38-25)21-7-4-17(13-19(21)27)30-26(36)33-9-11-37-12-10-33/h2-4,7-8,13-14H,5-6,9-12H2,1H3,(H,30,36)(H,29,31,35). The summed E-state index contributed by atoms with van der Waals surface area (Å²) in [4.78, 5) is 35.9. The summed E-state index contributed by atoms with van der Waals surface area (Å²) in [6.45, 7) is 3.62. The van der Waals surface area contributed by atoms with Crippen LogP contribution in [-0.2, 0) is 22.4 Å². The summed E-state index contributed by atoms with van der Waals surface area (Å²) in [6, 6.07) is 9.07. The third-order valence-electron chi connectivity index (χ3n) is 6.45. The van der Waals surface area contributed by atoms with Crippen molar-refractivity contribution in [1.29, 1.82) is 0 Å². The van der Waals surface area contributed by atoms with Gasteiger partial charge in [0.2, 0.25) is 5.91 Å². The number of fused-ring (bicyclic) bond motifs is 3. The van der Waals surface area contributed by atoms with Crippen LogP contribution in [0.25, 0.3) is 27.5 Å². The van der Waals surface area contributed by atoms with Gasteiger partial charge in [-0.1, -0.05) is 22.9 Å². The number of morpholine rings is 1. The molecule has 1 aromatic carbocycles. The molecule has 0 unspecified atom stereocenters. The molecule has 12 heteroatoms. The van der Waals surface area contributed by atoms with Crippen LogP contribution in [0.4, 0.5) is 15.6 Å². The maximum absolute atomic E-state index is 12.7. The van der Waals surface area contributed by atoms with Gasteiger partial charge in [0.15, 0.2) is 5.13 Å². The molecule has 10 nitrogen and oxygen atoms in total. The molecule has 0 saturated carbocycles. The van der Waals surface area contributed by atoms with Crippen LogP contribution in [-0.4, -0.2) is 62.9 Å². The molecule has 0 atom stereocenters. The minimum Gasteiger partial charge on any atom is -0.378 e. The van der Waals surface area contributed by atoms with Crippen molar-refractivity contribution in [2.45, 2.75) is 19.8 Å². The number of anilines is 2. The number of halogens is 1. The smallest absolute Gasteiger partial charge is 0.322 e. The van der Waals surface area contributed by atoms with Crippen molar-refractivity contribution in [2.24, 2.45) is 0 Å². The van der Waals surface area contributed by atoms with Gasteiger partial charge in [-0.05, 0) is 43.2 Å². The number of ether oxygens (including phenoxy) is 1. The van der Waals surface area contributed by atoms with E-state index in [-0.39, 0.29) is 11.9 Å². The minimum absolute atomic E-state index is 0.168. The highest BCUT2D eigenvalue weighted by Gasteiger charge is 2.30. The maximum atomic E-state index is 12.7. The van der Waals surface area contributed by atoms with Gasteiger partial charge < -0.3 is 20.3 Å². The van der Waals surface area contributed by atoms with Crippen LogP contribution in [0.5, 0.6) is 0 Å². The lowest BCUT2D eigenvalue weighted by Crippen LogP contribution is -2.43. The number of carbonyl (C=O) groups excluding carboxylic acids is 2. The second-order valence-electron chi connectivity index (χ2n) is 9.00. The Balaban J connectivity index is 1.41. The van der Waals surface area contributed by atoms with E-state index < -0.39 is 0 Å². The fourth-order valence-corrected chi connectivity index (χ4v) is 6.08. The number of nitrogens with one attached hydrogen (secondary N) is 2. The van der Waals surface area contributed by atoms with Gasteiger partial charge in [0.1, 0.15) is 0 Å². The molecule has 1 saturated heterocycles. The van der Waals surface area contributed by atoms with Crippen LogP contribution in [0.2, 0.25) is 5.02 Å². The molecule has 2 N–H and O–H groups in total. The average Bonchev–Trinajstić information content (AvgIpc) is 3.50. The largest absolute Gasteiger partial charge is 0.378 e. The van der Waals surface area contributed by atoms with Gasteiger partial charge in [0, 0.05) is 49.2 Å². The third kappa shape index (κ3) is 4.64. The summed E-state index contributed by atoms with van der Waals surface area (Å²) in [5, 5.41) is 11.7. The van der Waals surface area contributed by atoms with Gasteiger partial charge in [-0.25, -0.2) is 14.5 Å². The molecule has 0 radical (unpaired) electrons. The van der Waals surface area contributed by atoms with Gasteiger partial charge in [0.25, 0.3) is 0 Å². The normalized spacial score (nSPS) is 14.5. The Morgan fingerprint density at radius 1 is 1.13 bits per heavy atom. The number of amides is 3. The van der Waals surface area contributed by atoms with Crippen LogP contribution in [0, 0.1) is 0 Å². The molecule has 1 aliphatic carbocycles. The molecular weight excluding hydrogens is 526 g/mol. The minimum atomic E-state index is -0.188. The topological polar surface area (TPSA) is 114 Å². The van der Waals surface area contributed by atoms with Gasteiger partial charge in [-0.15, -0.1) is 0 Å². The molecular formula is C26H24ClN7O3S. The van der Waals surface area contributed by atoms with E-state index in [4.69, 9.17) is 21.4 Å². The number of aryl methyl sites for hydroxylation is 1. The van der Waals surface area contributed by atoms with Crippen molar-refractivity contribution in [2.75, 3.05) is 36.9 Å². The van der Waals surface area contributed by atoms with E-state index in [2.05, 4.69) is 20.6 Å². The molecule has 2 aliphatic rings. The zero-order chi connectivity index (χ0) is 26.2. The highest BCUT2D eigenvalue weighted by atomic mass is 35.5. The van der Waals surface area contributed by atoms with E-state index in [1.54, 1.807) is 23.4 Å². The number of pyridine rings is 1. The van der Waals surface area contributed by atoms with E-state index >= 15 is 0 Å². The summed E-state index contributed by atoms with van der Waals surface area (Å²) >= 11 is 8.23. The second kappa shape index (κ2) is 10.2. The van der Waals surface area contributed by atoms with Gasteiger partial charge in [-0.2, -0.15) is 5.10 Å². The Morgan fingerprint density at radius 3 is 2.71 bits per heavy atom. The lowest BCUT2D eigenvalue weighted by Gasteiger charge is -2.27. The van der Waals surface area contributed by atoms with Crippen LogP contribution >= 0.6 is 22.9 Å². The van der Waals surface area contributed by atoms with Crippen molar-refractivity contribution in [3.05, 3.63) is 59.0 Å². The van der Waals surface area contributed by atoms with E-state index in [0.29, 0.717) is 47.8 Å². The number of benzene rings is 1. The molecule has 6 rings (SSSR count). The molecule has 3 amide bonds. The summed E-state index contributed by atoms with van der Waals surface area (Å²) < 4.78 is 7.16. The van der Waals surface area contributed by atoms with Crippen molar-refractivity contribution >= 4 is 45.7 Å². The molecule has 1 fully saturated rings. The van der Waals surface area contributed by atoms with Crippen molar-refractivity contribution in [3.63, 3.8) is 0 Å². The number of hydrogen-bond acceptors (Lipinski definition) is 7. The highest BCUT2D eigenvalue weighted by Crippen LogP contribution is 2.44. The fraction of sp³-hybridized carbons (Fsp3) is 0.269. The number of rotatable bonds is 4. The Labute approximate surface area is 227 Å². The third-order valence-corrected chi connectivity index (χ3v) is 7.77. The van der Waals surface area contributed by atoms with Crippen LogP contribution in [0.1, 0.15) is 18.2 Å². The van der Waals surface area contributed by atoms with E-state index in [9.17, 15) is 9.59 Å². The summed E-state index contributed by atoms with van der Waals surface area (Å²) in [5.41, 5.74) is 5.88. The Hall–Kier alpha value is -3.80. The summed E-state index contributed by atoms with van der Waals surface area (Å²) in [6.07, 6.45) is 5.00. The molecule has 1 aliphatic heterocycles. The molecule has 4 aromatic rings. The van der Waals surface area contributed by atoms with Crippen LogP contribution in [0.3, 0.4) is 0 Å². The molecule has 0 spiro atoms. The van der Waals surface area contributed by atoms with Gasteiger partial charge >= 0.3 is 6.03 Å². The lowest BCUT2D eigenvalue weighted by molar-refractivity contribution is -0.114. The fourth-order valence-electron chi connectivity index (χ4n) is 4.71. The van der Waals surface area contributed by atoms with Crippen LogP contribution in [0.15, 0.2) is 42.7 Å². The second-order valence-corrected chi connectivity index (χ2v) is 10.4. The number of nitrogens with zero attached hydrogens (tertiary/aromatic N) is 5. The zero-order valence-electron chi connectivity index (χ0n) is 20.5. The summed E-state index contributed by atoms with van der Waals surface area (Å²) in [7, 11) is 0. The van der Waals surface area contributed by atoms with Crippen molar-refractivity contribution < 1.29 is 14.3 Å². The SMILES string of the molecule is CC(=O)Nc1nc2c(s1)-c1c(c(-c3cccnc3)nn1-c1ccc(NC(=O)N3CCOCC3)cc1Cl)CC2. The number of aromatic nitrogens is 4. The van der Waals surface area contributed by atoms with Gasteiger partial charge in [-0.3, -0.25) is 9.78 Å². The molecule has 4 heterocycles. The average molecular weight is 550 g/mol. The molecule has 3 aromatic heterocycles.